The Bertz CT molecular complexity index is 1770. The molecule has 0 saturated heterocycles. The number of anilines is 1. The fourth-order valence-corrected chi connectivity index (χ4v) is 5.95. The van der Waals surface area contributed by atoms with Crippen molar-refractivity contribution in [3.05, 3.63) is 134 Å². The third-order valence-corrected chi connectivity index (χ3v) is 8.91. The van der Waals surface area contributed by atoms with Crippen LogP contribution in [0.4, 0.5) is 5.69 Å². The maximum atomic E-state index is 9.63. The molecule has 1 atom stereocenters. The summed E-state index contributed by atoms with van der Waals surface area (Å²) in [5.74, 6) is 1.22. The van der Waals surface area contributed by atoms with Crippen LogP contribution in [-0.2, 0) is 10.3 Å². The molecule has 0 bridgehead atoms. The Morgan fingerprint density at radius 3 is 2.06 bits per heavy atom. The van der Waals surface area contributed by atoms with Crippen LogP contribution in [0.25, 0.3) is 23.1 Å². The van der Waals surface area contributed by atoms with Crippen molar-refractivity contribution >= 4 is 23.9 Å². The number of hydrogen-bond donors (Lipinski definition) is 0. The highest BCUT2D eigenvalue weighted by atomic mass is 16.5. The van der Waals surface area contributed by atoms with Gasteiger partial charge in [-0.05, 0) is 80.5 Å². The summed E-state index contributed by atoms with van der Waals surface area (Å²) in [6.07, 6.45) is 13.0. The number of hydrogen-bond acceptors (Lipinski definition) is 4. The highest BCUT2D eigenvalue weighted by molar-refractivity contribution is 5.77. The van der Waals surface area contributed by atoms with E-state index in [-0.39, 0.29) is 0 Å². The number of allylic oxidation sites excluding steroid dienone is 1. The molecule has 1 aliphatic rings. The van der Waals surface area contributed by atoms with Gasteiger partial charge in [-0.1, -0.05) is 93.5 Å². The number of methoxy groups -OCH3 is 1. The maximum absolute atomic E-state index is 9.63. The highest BCUT2D eigenvalue weighted by Crippen LogP contribution is 2.47. The van der Waals surface area contributed by atoms with Crippen molar-refractivity contribution < 1.29 is 9.47 Å². The van der Waals surface area contributed by atoms with Gasteiger partial charge < -0.3 is 14.4 Å². The lowest BCUT2D eigenvalue weighted by Gasteiger charge is -2.28. The Morgan fingerprint density at radius 2 is 1.51 bits per heavy atom. The van der Waals surface area contributed by atoms with Gasteiger partial charge in [-0.2, -0.15) is 5.26 Å². The van der Waals surface area contributed by atoms with Crippen LogP contribution in [0.1, 0.15) is 86.8 Å². The average molecular weight is 626 g/mol. The van der Waals surface area contributed by atoms with Crippen molar-refractivity contribution in [2.45, 2.75) is 72.8 Å². The number of benzene rings is 3. The zero-order chi connectivity index (χ0) is 34.0. The van der Waals surface area contributed by atoms with Crippen LogP contribution < -0.4 is 9.64 Å². The number of aryl methyl sites for hydroxylation is 2. The van der Waals surface area contributed by atoms with Gasteiger partial charge in [-0.15, -0.1) is 0 Å². The molecule has 1 unspecified atom stereocenters. The summed E-state index contributed by atoms with van der Waals surface area (Å²) in [6.45, 7) is 22.4. The quantitative estimate of drug-likeness (QED) is 0.108. The fraction of sp³-hybridized carbons (Fsp3) is 0.333. The number of nitrogens with zero attached hydrogens (tertiary/aromatic N) is 3. The first-order valence-corrected chi connectivity index (χ1v) is 16.6. The van der Waals surface area contributed by atoms with E-state index >= 15 is 0 Å². The summed E-state index contributed by atoms with van der Waals surface area (Å²) < 4.78 is 12.2. The third-order valence-electron chi connectivity index (χ3n) is 8.91. The Kier molecular flexibility index (Phi) is 11.9. The van der Waals surface area contributed by atoms with Gasteiger partial charge in [0, 0.05) is 36.0 Å². The van der Waals surface area contributed by atoms with Gasteiger partial charge in [0.25, 0.3) is 0 Å². The molecular weight excluding hydrogens is 578 g/mol. The van der Waals surface area contributed by atoms with Crippen molar-refractivity contribution in [3.63, 3.8) is 0 Å². The molecule has 0 amide bonds. The maximum Gasteiger partial charge on any atom is 0.236 e. The summed E-state index contributed by atoms with van der Waals surface area (Å²) in [4.78, 5) is 6.31. The third kappa shape index (κ3) is 7.87. The summed E-state index contributed by atoms with van der Waals surface area (Å²) in [7, 11) is 1.74. The zero-order valence-corrected chi connectivity index (χ0v) is 29.0. The standard InChI is InChI=1S/C42H47N3O2/c1-9-11-24-45(25-12-10-2)37-22-20-33(39(28-37)46-8)18-19-34-26-31(4)35(27-30(34)3)21-23-38-40(44-7)41(32(5)29-43)47-42(38,6)36-16-14-13-15-17-36/h13-23,26-28H,9-12,24-25H2,1-6,8H3/b19-18+,23-21+,41-32+. The van der Waals surface area contributed by atoms with E-state index in [4.69, 9.17) is 16.0 Å². The van der Waals surface area contributed by atoms with Crippen LogP contribution >= 0.6 is 0 Å². The Morgan fingerprint density at radius 1 is 0.915 bits per heavy atom. The van der Waals surface area contributed by atoms with E-state index in [0.717, 1.165) is 57.8 Å². The van der Waals surface area contributed by atoms with Crippen molar-refractivity contribution in [1.29, 1.82) is 5.26 Å². The summed E-state index contributed by atoms with van der Waals surface area (Å²) in [6, 6.07) is 22.9. The van der Waals surface area contributed by atoms with Crippen LogP contribution in [0.15, 0.2) is 89.3 Å². The first kappa shape index (κ1) is 34.9. The van der Waals surface area contributed by atoms with Gasteiger partial charge in [-0.3, -0.25) is 0 Å². The van der Waals surface area contributed by atoms with E-state index < -0.39 is 5.60 Å². The highest BCUT2D eigenvalue weighted by Gasteiger charge is 2.43. The molecule has 4 rings (SSSR count). The second kappa shape index (κ2) is 16.0. The van der Waals surface area contributed by atoms with Gasteiger partial charge >= 0.3 is 0 Å². The van der Waals surface area contributed by atoms with Crippen LogP contribution in [0.2, 0.25) is 0 Å². The number of rotatable bonds is 13. The summed E-state index contributed by atoms with van der Waals surface area (Å²) >= 11 is 0. The smallest absolute Gasteiger partial charge is 0.236 e. The van der Waals surface area contributed by atoms with E-state index in [1.54, 1.807) is 14.0 Å². The number of ether oxygens (including phenoxy) is 2. The average Bonchev–Trinajstić information content (AvgIpc) is 3.39. The fourth-order valence-electron chi connectivity index (χ4n) is 5.95. The minimum Gasteiger partial charge on any atom is -0.496 e. The first-order valence-electron chi connectivity index (χ1n) is 16.6. The van der Waals surface area contributed by atoms with E-state index in [1.807, 2.05) is 43.3 Å². The predicted molar refractivity (Wildman–Crippen MR) is 196 cm³/mol. The first-order chi connectivity index (χ1) is 22.7. The molecular formula is C42H47N3O2. The van der Waals surface area contributed by atoms with E-state index in [2.05, 4.69) is 92.1 Å². The molecule has 0 aliphatic carbocycles. The van der Waals surface area contributed by atoms with E-state index in [0.29, 0.717) is 17.0 Å². The molecule has 0 fully saturated rings. The van der Waals surface area contributed by atoms with Gasteiger partial charge in [0.05, 0.1) is 25.3 Å². The Hall–Kier alpha value is -5.00. The largest absolute Gasteiger partial charge is 0.496 e. The molecule has 47 heavy (non-hydrogen) atoms. The molecule has 0 radical (unpaired) electrons. The minimum absolute atomic E-state index is 0.347. The van der Waals surface area contributed by atoms with E-state index in [9.17, 15) is 5.26 Å². The van der Waals surface area contributed by atoms with Gasteiger partial charge in [0.15, 0.2) is 0 Å². The molecule has 5 nitrogen and oxygen atoms in total. The van der Waals surface area contributed by atoms with Crippen LogP contribution in [0.5, 0.6) is 5.75 Å². The molecule has 0 aromatic heterocycles. The molecule has 0 spiro atoms. The molecule has 3 aromatic rings. The van der Waals surface area contributed by atoms with Crippen molar-refractivity contribution in [3.8, 4) is 11.8 Å². The topological polar surface area (TPSA) is 49.9 Å². The van der Waals surface area contributed by atoms with Crippen LogP contribution in [0, 0.1) is 31.8 Å². The molecule has 242 valence electrons. The van der Waals surface area contributed by atoms with Crippen molar-refractivity contribution in [2.24, 2.45) is 0 Å². The summed E-state index contributed by atoms with van der Waals surface area (Å²) in [5, 5.41) is 9.63. The normalized spacial score (nSPS) is 17.1. The molecule has 0 saturated carbocycles. The molecule has 1 aliphatic heterocycles. The second-order valence-electron chi connectivity index (χ2n) is 12.3. The molecule has 5 heteroatoms. The Labute approximate surface area is 282 Å². The van der Waals surface area contributed by atoms with Crippen molar-refractivity contribution in [2.75, 3.05) is 25.1 Å². The molecule has 0 N–H and O–H groups in total. The predicted octanol–water partition coefficient (Wildman–Crippen LogP) is 10.8. The lowest BCUT2D eigenvalue weighted by Crippen LogP contribution is -2.25. The zero-order valence-electron chi connectivity index (χ0n) is 29.0. The van der Waals surface area contributed by atoms with Gasteiger partial charge in [0.1, 0.15) is 17.1 Å². The van der Waals surface area contributed by atoms with Crippen molar-refractivity contribution in [1.82, 2.24) is 0 Å². The lowest BCUT2D eigenvalue weighted by molar-refractivity contribution is 0.0750. The summed E-state index contributed by atoms with van der Waals surface area (Å²) in [5.41, 5.74) is 8.23. The molecule has 3 aromatic carbocycles. The van der Waals surface area contributed by atoms with Crippen LogP contribution in [-0.4, -0.2) is 20.2 Å². The molecule has 1 heterocycles. The SMILES string of the molecule is [C-]#[N+]C1=C(/C=C/c2cc(C)c(/C=C/c3ccc(N(CCCC)CCCC)cc3OC)cc2C)C(C)(c2ccccc2)O/C1=C(\C)C#N. The van der Waals surface area contributed by atoms with Crippen LogP contribution in [0.3, 0.4) is 0 Å². The lowest BCUT2D eigenvalue weighted by atomic mass is 9.87. The number of unbranched alkanes of at least 4 members (excludes halogenated alkanes) is 2. The minimum atomic E-state index is -0.894. The van der Waals surface area contributed by atoms with Gasteiger partial charge in [-0.25, -0.2) is 4.85 Å². The monoisotopic (exact) mass is 625 g/mol. The van der Waals surface area contributed by atoms with E-state index in [1.165, 1.54) is 31.4 Å². The second-order valence-corrected chi connectivity index (χ2v) is 12.3. The Balaban J connectivity index is 1.65. The van der Waals surface area contributed by atoms with Gasteiger partial charge in [0.2, 0.25) is 5.70 Å². The number of nitriles is 1.